The van der Waals surface area contributed by atoms with E-state index in [9.17, 15) is 0 Å². The van der Waals surface area contributed by atoms with E-state index in [0.717, 1.165) is 24.9 Å². The lowest BCUT2D eigenvalue weighted by molar-refractivity contribution is 0.337. The third-order valence-electron chi connectivity index (χ3n) is 3.16. The van der Waals surface area contributed by atoms with E-state index in [4.69, 9.17) is 11.6 Å². The molecule has 0 bridgehead atoms. The third kappa shape index (κ3) is 2.39. The van der Waals surface area contributed by atoms with Gasteiger partial charge in [-0.15, -0.1) is 0 Å². The molecular weight excluding hydrogens is 252 g/mol. The molecule has 0 aliphatic heterocycles. The summed E-state index contributed by atoms with van der Waals surface area (Å²) in [7, 11) is 2.16. The Morgan fingerprint density at radius 1 is 1.56 bits per heavy atom. The number of anilines is 1. The van der Waals surface area contributed by atoms with E-state index in [1.807, 2.05) is 0 Å². The molecule has 0 aromatic carbocycles. The molecule has 0 spiro atoms. The Labute approximate surface area is 110 Å². The van der Waals surface area contributed by atoms with Gasteiger partial charge in [0.1, 0.15) is 17.3 Å². The molecule has 1 fully saturated rings. The molecular formula is C11H15ClN6. The van der Waals surface area contributed by atoms with Crippen LogP contribution in [0.25, 0.3) is 5.78 Å². The fourth-order valence-corrected chi connectivity index (χ4v) is 2.15. The predicted octanol–water partition coefficient (Wildman–Crippen LogP) is 1.28. The maximum atomic E-state index is 5.94. The van der Waals surface area contributed by atoms with Gasteiger partial charge in [-0.3, -0.25) is 0 Å². The van der Waals surface area contributed by atoms with Crippen LogP contribution >= 0.6 is 11.6 Å². The van der Waals surface area contributed by atoms with Gasteiger partial charge in [-0.05, 0) is 19.9 Å². The topological polar surface area (TPSA) is 58.3 Å². The summed E-state index contributed by atoms with van der Waals surface area (Å²) in [5.41, 5.74) is 0. The fraction of sp³-hybridized carbons (Fsp3) is 0.545. The Kier molecular flexibility index (Phi) is 3.05. The van der Waals surface area contributed by atoms with Crippen LogP contribution in [0.1, 0.15) is 12.8 Å². The van der Waals surface area contributed by atoms with Gasteiger partial charge in [0.25, 0.3) is 5.78 Å². The van der Waals surface area contributed by atoms with Crippen LogP contribution in [0.3, 0.4) is 0 Å². The first-order chi connectivity index (χ1) is 8.74. The first kappa shape index (κ1) is 11.7. The van der Waals surface area contributed by atoms with Crippen LogP contribution in [0.5, 0.6) is 0 Å². The molecule has 96 valence electrons. The molecule has 2 aromatic heterocycles. The van der Waals surface area contributed by atoms with E-state index >= 15 is 0 Å². The van der Waals surface area contributed by atoms with Gasteiger partial charge >= 0.3 is 0 Å². The van der Waals surface area contributed by atoms with Crippen molar-refractivity contribution in [1.29, 1.82) is 0 Å². The molecule has 1 N–H and O–H groups in total. The zero-order valence-electron chi connectivity index (χ0n) is 10.2. The third-order valence-corrected chi connectivity index (χ3v) is 3.36. The van der Waals surface area contributed by atoms with Crippen molar-refractivity contribution in [2.45, 2.75) is 18.9 Å². The van der Waals surface area contributed by atoms with Crippen molar-refractivity contribution >= 4 is 23.2 Å². The van der Waals surface area contributed by atoms with Gasteiger partial charge in [-0.1, -0.05) is 11.6 Å². The molecule has 2 heterocycles. The maximum absolute atomic E-state index is 5.94. The Morgan fingerprint density at radius 3 is 3.17 bits per heavy atom. The van der Waals surface area contributed by atoms with Crippen molar-refractivity contribution in [3.63, 3.8) is 0 Å². The van der Waals surface area contributed by atoms with Crippen LogP contribution < -0.4 is 5.32 Å². The van der Waals surface area contributed by atoms with Crippen molar-refractivity contribution in [2.75, 3.05) is 25.5 Å². The van der Waals surface area contributed by atoms with Gasteiger partial charge in [0.05, 0.1) is 0 Å². The highest BCUT2D eigenvalue weighted by Crippen LogP contribution is 2.24. The molecule has 3 rings (SSSR count). The SMILES string of the molecule is CN(CCNc1cc(Cl)nc2ncnn12)C1CC1. The van der Waals surface area contributed by atoms with Gasteiger partial charge in [0, 0.05) is 25.2 Å². The number of halogens is 1. The number of likely N-dealkylation sites (N-methyl/N-ethyl adjacent to an activating group) is 1. The van der Waals surface area contributed by atoms with Crippen LogP contribution in [0.15, 0.2) is 12.4 Å². The van der Waals surface area contributed by atoms with E-state index in [1.54, 1.807) is 10.6 Å². The zero-order valence-corrected chi connectivity index (χ0v) is 10.9. The number of fused-ring (bicyclic) bond motifs is 1. The van der Waals surface area contributed by atoms with E-state index in [0.29, 0.717) is 10.9 Å². The fourth-order valence-electron chi connectivity index (χ4n) is 1.97. The molecule has 18 heavy (non-hydrogen) atoms. The summed E-state index contributed by atoms with van der Waals surface area (Å²) in [6, 6.07) is 2.54. The molecule has 6 nitrogen and oxygen atoms in total. The van der Waals surface area contributed by atoms with Crippen LogP contribution in [0, 0.1) is 0 Å². The van der Waals surface area contributed by atoms with E-state index in [2.05, 4.69) is 32.3 Å². The second-order valence-electron chi connectivity index (χ2n) is 4.57. The molecule has 2 aromatic rings. The molecule has 1 aliphatic rings. The van der Waals surface area contributed by atoms with Gasteiger partial charge in [0.15, 0.2) is 0 Å². The predicted molar refractivity (Wildman–Crippen MR) is 69.9 cm³/mol. The quantitative estimate of drug-likeness (QED) is 0.827. The minimum Gasteiger partial charge on any atom is -0.369 e. The van der Waals surface area contributed by atoms with Crippen LogP contribution in [0.4, 0.5) is 5.82 Å². The Morgan fingerprint density at radius 2 is 2.39 bits per heavy atom. The summed E-state index contributed by atoms with van der Waals surface area (Å²) in [5.74, 6) is 1.34. The molecule has 0 atom stereocenters. The zero-order chi connectivity index (χ0) is 12.5. The summed E-state index contributed by atoms with van der Waals surface area (Å²) in [5, 5.41) is 7.86. The second kappa shape index (κ2) is 4.70. The number of nitrogens with one attached hydrogen (secondary N) is 1. The van der Waals surface area contributed by atoms with Crippen LogP contribution in [-0.4, -0.2) is 50.7 Å². The largest absolute Gasteiger partial charge is 0.369 e. The summed E-state index contributed by atoms with van der Waals surface area (Å²) < 4.78 is 1.66. The number of hydrogen-bond donors (Lipinski definition) is 1. The average Bonchev–Trinajstić information content (AvgIpc) is 3.08. The highest BCUT2D eigenvalue weighted by molar-refractivity contribution is 6.29. The normalized spacial score (nSPS) is 15.5. The summed E-state index contributed by atoms with van der Waals surface area (Å²) in [4.78, 5) is 10.5. The minimum atomic E-state index is 0.425. The second-order valence-corrected chi connectivity index (χ2v) is 4.96. The first-order valence-corrected chi connectivity index (χ1v) is 6.42. The molecule has 1 aliphatic carbocycles. The monoisotopic (exact) mass is 266 g/mol. The average molecular weight is 267 g/mol. The highest BCUT2D eigenvalue weighted by atomic mass is 35.5. The Balaban J connectivity index is 1.67. The van der Waals surface area contributed by atoms with E-state index in [-0.39, 0.29) is 0 Å². The molecule has 0 radical (unpaired) electrons. The standard InChI is InChI=1S/C11H15ClN6/c1-17(8-2-3-8)5-4-13-10-6-9(12)16-11-14-7-15-18(10)11/h6-8,13H,2-5H2,1H3. The molecule has 0 amide bonds. The molecule has 1 saturated carbocycles. The lowest BCUT2D eigenvalue weighted by Gasteiger charge is -2.16. The summed E-state index contributed by atoms with van der Waals surface area (Å²) >= 11 is 5.94. The number of rotatable bonds is 5. The smallest absolute Gasteiger partial charge is 0.255 e. The number of hydrogen-bond acceptors (Lipinski definition) is 5. The number of aromatic nitrogens is 4. The van der Waals surface area contributed by atoms with Crippen molar-refractivity contribution in [3.05, 3.63) is 17.5 Å². The van der Waals surface area contributed by atoms with Gasteiger partial charge < -0.3 is 10.2 Å². The number of nitrogens with zero attached hydrogens (tertiary/aromatic N) is 5. The Hall–Kier alpha value is -1.40. The minimum absolute atomic E-state index is 0.425. The van der Waals surface area contributed by atoms with Gasteiger partial charge in [-0.25, -0.2) is 0 Å². The van der Waals surface area contributed by atoms with Crippen LogP contribution in [-0.2, 0) is 0 Å². The molecule has 0 unspecified atom stereocenters. The van der Waals surface area contributed by atoms with Gasteiger partial charge in [0.2, 0.25) is 0 Å². The van der Waals surface area contributed by atoms with Gasteiger partial charge in [-0.2, -0.15) is 19.6 Å². The van der Waals surface area contributed by atoms with Crippen molar-refractivity contribution < 1.29 is 0 Å². The van der Waals surface area contributed by atoms with Crippen LogP contribution in [0.2, 0.25) is 5.15 Å². The maximum Gasteiger partial charge on any atom is 0.255 e. The van der Waals surface area contributed by atoms with E-state index in [1.165, 1.54) is 19.2 Å². The summed E-state index contributed by atoms with van der Waals surface area (Å²) in [6.07, 6.45) is 4.12. The molecule has 7 heteroatoms. The Bertz CT molecular complexity index is 549. The summed E-state index contributed by atoms with van der Waals surface area (Å²) in [6.45, 7) is 1.85. The van der Waals surface area contributed by atoms with Crippen molar-refractivity contribution in [1.82, 2.24) is 24.5 Å². The first-order valence-electron chi connectivity index (χ1n) is 6.04. The lowest BCUT2D eigenvalue weighted by atomic mass is 10.5. The van der Waals surface area contributed by atoms with Crippen molar-refractivity contribution in [3.8, 4) is 0 Å². The van der Waals surface area contributed by atoms with Crippen molar-refractivity contribution in [2.24, 2.45) is 0 Å². The highest BCUT2D eigenvalue weighted by Gasteiger charge is 2.25. The lowest BCUT2D eigenvalue weighted by Crippen LogP contribution is -2.27. The van der Waals surface area contributed by atoms with E-state index < -0.39 is 0 Å². The molecule has 0 saturated heterocycles.